The molecular weight excluding hydrogens is 359 g/mol. The quantitative estimate of drug-likeness (QED) is 0.510. The molecule has 2 heterocycles. The predicted molar refractivity (Wildman–Crippen MR) is 99.8 cm³/mol. The summed E-state index contributed by atoms with van der Waals surface area (Å²) in [6, 6.07) is 14.2. The summed E-state index contributed by atoms with van der Waals surface area (Å²) in [6.07, 6.45) is 1.44. The Morgan fingerprint density at radius 2 is 1.92 bits per heavy atom. The summed E-state index contributed by atoms with van der Waals surface area (Å²) >= 11 is 7.50. The Hall–Kier alpha value is -2.50. The lowest BCUT2D eigenvalue weighted by atomic mass is 10.1. The molecule has 0 atom stereocenters. The van der Waals surface area contributed by atoms with Crippen LogP contribution in [0.3, 0.4) is 0 Å². The molecule has 25 heavy (non-hydrogen) atoms. The van der Waals surface area contributed by atoms with Gasteiger partial charge < -0.3 is 0 Å². The minimum absolute atomic E-state index is 0.0390. The van der Waals surface area contributed by atoms with E-state index in [-0.39, 0.29) is 17.7 Å². The lowest BCUT2D eigenvalue weighted by Gasteiger charge is -2.09. The molecule has 0 radical (unpaired) electrons. The van der Waals surface area contributed by atoms with E-state index in [0.717, 1.165) is 11.1 Å². The number of hydrogen-bond donors (Lipinski definition) is 0. The first-order chi connectivity index (χ1) is 12.1. The van der Waals surface area contributed by atoms with Gasteiger partial charge in [0.15, 0.2) is 0 Å². The number of hydrogen-bond acceptors (Lipinski definition) is 3. The molecule has 0 saturated heterocycles. The zero-order valence-corrected chi connectivity index (χ0v) is 14.5. The summed E-state index contributed by atoms with van der Waals surface area (Å²) in [5.41, 5.74) is 1.87. The first kappa shape index (κ1) is 16.0. The molecular formula is C19H12ClFN2OS. The number of thiophene rings is 1. The van der Waals surface area contributed by atoms with E-state index in [1.807, 2.05) is 35.7 Å². The van der Waals surface area contributed by atoms with Gasteiger partial charge in [-0.15, -0.1) is 11.3 Å². The van der Waals surface area contributed by atoms with E-state index in [4.69, 9.17) is 11.6 Å². The highest BCUT2D eigenvalue weighted by Crippen LogP contribution is 2.30. The molecule has 0 unspecified atom stereocenters. The molecule has 2 aromatic carbocycles. The highest BCUT2D eigenvalue weighted by Gasteiger charge is 2.15. The SMILES string of the molecule is O=c1c2c(-c3ccccc3)csc2ncn1Cc1c(F)cccc1Cl. The molecule has 0 aliphatic carbocycles. The lowest BCUT2D eigenvalue weighted by molar-refractivity contribution is 0.595. The molecule has 3 nitrogen and oxygen atoms in total. The molecule has 2 aromatic heterocycles. The molecule has 124 valence electrons. The minimum Gasteiger partial charge on any atom is -0.294 e. The van der Waals surface area contributed by atoms with Crippen molar-refractivity contribution in [3.8, 4) is 11.1 Å². The van der Waals surface area contributed by atoms with Crippen LogP contribution in [0.25, 0.3) is 21.3 Å². The fourth-order valence-electron chi connectivity index (χ4n) is 2.76. The van der Waals surface area contributed by atoms with Gasteiger partial charge in [-0.3, -0.25) is 9.36 Å². The molecule has 6 heteroatoms. The van der Waals surface area contributed by atoms with Crippen molar-refractivity contribution in [2.24, 2.45) is 0 Å². The monoisotopic (exact) mass is 370 g/mol. The zero-order chi connectivity index (χ0) is 17.4. The van der Waals surface area contributed by atoms with Crippen molar-refractivity contribution in [3.05, 3.63) is 87.0 Å². The average molecular weight is 371 g/mol. The number of halogens is 2. The average Bonchev–Trinajstić information content (AvgIpc) is 3.06. The third-order valence-corrected chi connectivity index (χ3v) is 5.28. The molecule has 0 amide bonds. The molecule has 4 aromatic rings. The lowest BCUT2D eigenvalue weighted by Crippen LogP contribution is -2.21. The molecule has 0 bridgehead atoms. The van der Waals surface area contributed by atoms with Crippen molar-refractivity contribution >= 4 is 33.2 Å². The Kier molecular flexibility index (Phi) is 4.11. The Balaban J connectivity index is 1.87. The largest absolute Gasteiger partial charge is 0.294 e. The van der Waals surface area contributed by atoms with Crippen LogP contribution in [0.5, 0.6) is 0 Å². The van der Waals surface area contributed by atoms with Crippen LogP contribution >= 0.6 is 22.9 Å². The normalized spacial score (nSPS) is 11.1. The molecule has 0 aliphatic heterocycles. The Labute approximate surface area is 152 Å². The van der Waals surface area contributed by atoms with Crippen LogP contribution in [0.1, 0.15) is 5.56 Å². The third kappa shape index (κ3) is 2.86. The highest BCUT2D eigenvalue weighted by atomic mass is 35.5. The van der Waals surface area contributed by atoms with E-state index in [9.17, 15) is 9.18 Å². The first-order valence-corrected chi connectivity index (χ1v) is 8.86. The van der Waals surface area contributed by atoms with Gasteiger partial charge in [0.25, 0.3) is 5.56 Å². The Morgan fingerprint density at radius 1 is 1.12 bits per heavy atom. The van der Waals surface area contributed by atoms with Crippen molar-refractivity contribution in [2.75, 3.05) is 0 Å². The van der Waals surface area contributed by atoms with E-state index in [1.54, 1.807) is 6.07 Å². The topological polar surface area (TPSA) is 34.9 Å². The summed E-state index contributed by atoms with van der Waals surface area (Å²) in [5, 5.41) is 2.77. The van der Waals surface area contributed by atoms with Gasteiger partial charge in [-0.2, -0.15) is 0 Å². The smallest absolute Gasteiger partial charge is 0.263 e. The third-order valence-electron chi connectivity index (χ3n) is 4.04. The van der Waals surface area contributed by atoms with Crippen LogP contribution in [0, 0.1) is 5.82 Å². The molecule has 0 aliphatic rings. The zero-order valence-electron chi connectivity index (χ0n) is 12.9. The van der Waals surface area contributed by atoms with E-state index in [0.29, 0.717) is 15.2 Å². The second kappa shape index (κ2) is 6.43. The van der Waals surface area contributed by atoms with Gasteiger partial charge >= 0.3 is 0 Å². The van der Waals surface area contributed by atoms with Gasteiger partial charge in [-0.1, -0.05) is 48.0 Å². The number of nitrogens with zero attached hydrogens (tertiary/aromatic N) is 2. The van der Waals surface area contributed by atoms with Crippen molar-refractivity contribution in [1.29, 1.82) is 0 Å². The highest BCUT2D eigenvalue weighted by molar-refractivity contribution is 7.17. The second-order valence-electron chi connectivity index (χ2n) is 5.57. The van der Waals surface area contributed by atoms with E-state index in [1.165, 1.54) is 34.4 Å². The number of aromatic nitrogens is 2. The van der Waals surface area contributed by atoms with Crippen molar-refractivity contribution in [2.45, 2.75) is 6.54 Å². The molecule has 4 rings (SSSR count). The van der Waals surface area contributed by atoms with E-state index in [2.05, 4.69) is 4.98 Å². The fraction of sp³-hybridized carbons (Fsp3) is 0.0526. The van der Waals surface area contributed by atoms with E-state index < -0.39 is 5.82 Å². The first-order valence-electron chi connectivity index (χ1n) is 7.60. The van der Waals surface area contributed by atoms with Crippen molar-refractivity contribution in [3.63, 3.8) is 0 Å². The van der Waals surface area contributed by atoms with E-state index >= 15 is 0 Å². The Morgan fingerprint density at radius 3 is 2.68 bits per heavy atom. The number of rotatable bonds is 3. The molecule has 0 N–H and O–H groups in total. The van der Waals surface area contributed by atoms with Crippen molar-refractivity contribution in [1.82, 2.24) is 9.55 Å². The van der Waals surface area contributed by atoms with Crippen LogP contribution < -0.4 is 5.56 Å². The maximum Gasteiger partial charge on any atom is 0.263 e. The maximum atomic E-state index is 14.0. The summed E-state index contributed by atoms with van der Waals surface area (Å²) in [5.74, 6) is -0.437. The summed E-state index contributed by atoms with van der Waals surface area (Å²) in [4.78, 5) is 18.0. The summed E-state index contributed by atoms with van der Waals surface area (Å²) in [6.45, 7) is 0.0390. The second-order valence-corrected chi connectivity index (χ2v) is 6.84. The molecule has 0 fully saturated rings. The Bertz CT molecular complexity index is 1100. The van der Waals surface area contributed by atoms with Crippen LogP contribution in [0.2, 0.25) is 5.02 Å². The fourth-order valence-corrected chi connectivity index (χ4v) is 3.89. The molecule has 0 saturated carbocycles. The summed E-state index contributed by atoms with van der Waals surface area (Å²) < 4.78 is 15.4. The number of benzene rings is 2. The van der Waals surface area contributed by atoms with Crippen LogP contribution in [-0.2, 0) is 6.54 Å². The predicted octanol–water partition coefficient (Wildman–Crippen LogP) is 4.97. The standard InChI is InChI=1S/C19H12ClFN2OS/c20-15-7-4-8-16(21)13(15)9-23-11-22-18-17(19(23)24)14(10-25-18)12-5-2-1-3-6-12/h1-8,10-11H,9H2. The van der Waals surface area contributed by atoms with Gasteiger partial charge in [0, 0.05) is 21.5 Å². The molecule has 0 spiro atoms. The maximum absolute atomic E-state index is 14.0. The number of fused-ring (bicyclic) bond motifs is 1. The van der Waals surface area contributed by atoms with Crippen LogP contribution in [0.15, 0.2) is 65.0 Å². The summed E-state index contributed by atoms with van der Waals surface area (Å²) in [7, 11) is 0. The van der Waals surface area contributed by atoms with Crippen LogP contribution in [-0.4, -0.2) is 9.55 Å². The van der Waals surface area contributed by atoms with Gasteiger partial charge in [-0.25, -0.2) is 9.37 Å². The van der Waals surface area contributed by atoms with Gasteiger partial charge in [-0.05, 0) is 17.7 Å². The van der Waals surface area contributed by atoms with Crippen LogP contribution in [0.4, 0.5) is 4.39 Å². The van der Waals surface area contributed by atoms with Gasteiger partial charge in [0.2, 0.25) is 0 Å². The van der Waals surface area contributed by atoms with Gasteiger partial charge in [0.05, 0.1) is 18.3 Å². The minimum atomic E-state index is -0.437. The van der Waals surface area contributed by atoms with Gasteiger partial charge in [0.1, 0.15) is 10.6 Å². The van der Waals surface area contributed by atoms with Crippen molar-refractivity contribution < 1.29 is 4.39 Å².